The van der Waals surface area contributed by atoms with Crippen molar-refractivity contribution >= 4 is 5.95 Å². The average molecular weight is 211 g/mol. The maximum atomic E-state index is 4.19. The van der Waals surface area contributed by atoms with Crippen molar-refractivity contribution in [3.05, 3.63) is 5.82 Å². The van der Waals surface area contributed by atoms with Gasteiger partial charge in [0.2, 0.25) is 5.95 Å². The summed E-state index contributed by atoms with van der Waals surface area (Å²) in [5, 5.41) is 14.8. The second kappa shape index (κ2) is 6.40. The van der Waals surface area contributed by atoms with Crippen molar-refractivity contribution in [2.75, 3.05) is 25.0 Å². The van der Waals surface area contributed by atoms with Crippen LogP contribution in [0.5, 0.6) is 0 Å². The summed E-state index contributed by atoms with van der Waals surface area (Å²) in [6, 6.07) is 0. The van der Waals surface area contributed by atoms with Crippen LogP contribution in [0.1, 0.15) is 26.6 Å². The van der Waals surface area contributed by atoms with Crippen LogP contribution >= 0.6 is 0 Å². The number of aromatic nitrogens is 3. The van der Waals surface area contributed by atoms with Crippen LogP contribution < -0.4 is 10.6 Å². The number of rotatable bonds is 7. The van der Waals surface area contributed by atoms with E-state index in [9.17, 15) is 0 Å². The molecule has 1 aromatic heterocycles. The highest BCUT2D eigenvalue weighted by Crippen LogP contribution is 2.07. The Morgan fingerprint density at radius 2 is 1.93 bits per heavy atom. The van der Waals surface area contributed by atoms with Crippen LogP contribution in [0.25, 0.3) is 0 Å². The average Bonchev–Trinajstić information content (AvgIpc) is 2.62. The third kappa shape index (κ3) is 3.20. The molecule has 86 valence electrons. The van der Waals surface area contributed by atoms with Gasteiger partial charge >= 0.3 is 0 Å². The smallest absolute Gasteiger partial charge is 0.224 e. The molecule has 0 aliphatic carbocycles. The first-order chi connectivity index (χ1) is 7.33. The zero-order valence-corrected chi connectivity index (χ0v) is 9.88. The van der Waals surface area contributed by atoms with Gasteiger partial charge in [-0.1, -0.05) is 6.92 Å². The van der Waals surface area contributed by atoms with E-state index in [2.05, 4.69) is 46.2 Å². The molecule has 0 atom stereocenters. The van der Waals surface area contributed by atoms with Crippen molar-refractivity contribution in [3.63, 3.8) is 0 Å². The van der Waals surface area contributed by atoms with Crippen molar-refractivity contribution in [1.82, 2.24) is 20.1 Å². The molecular formula is C10H21N5. The number of likely N-dealkylation sites (N-methyl/N-ethyl adjacent to an activating group) is 1. The maximum Gasteiger partial charge on any atom is 0.224 e. The normalized spacial score (nSPS) is 10.6. The van der Waals surface area contributed by atoms with E-state index in [-0.39, 0.29) is 0 Å². The van der Waals surface area contributed by atoms with Gasteiger partial charge in [-0.3, -0.25) is 4.57 Å². The lowest BCUT2D eigenvalue weighted by Gasteiger charge is -2.07. The quantitative estimate of drug-likeness (QED) is 0.657. The fraction of sp³-hybridized carbons (Fsp3) is 0.800. The Labute approximate surface area is 91.3 Å². The lowest BCUT2D eigenvalue weighted by molar-refractivity contribution is 0.648. The lowest BCUT2D eigenvalue weighted by Crippen LogP contribution is -2.18. The largest absolute Gasteiger partial charge is 0.355 e. The first kappa shape index (κ1) is 12.0. The molecule has 0 aromatic carbocycles. The van der Waals surface area contributed by atoms with Gasteiger partial charge in [0, 0.05) is 26.1 Å². The molecule has 0 aliphatic rings. The van der Waals surface area contributed by atoms with Crippen molar-refractivity contribution in [2.45, 2.75) is 33.7 Å². The number of hydrogen-bond acceptors (Lipinski definition) is 4. The lowest BCUT2D eigenvalue weighted by atomic mass is 10.4. The molecule has 0 amide bonds. The molecule has 5 heteroatoms. The predicted octanol–water partition coefficient (Wildman–Crippen LogP) is 0.882. The van der Waals surface area contributed by atoms with Crippen LogP contribution in [0.4, 0.5) is 5.95 Å². The van der Waals surface area contributed by atoms with Gasteiger partial charge in [0.25, 0.3) is 0 Å². The predicted molar refractivity (Wildman–Crippen MR) is 62.1 cm³/mol. The van der Waals surface area contributed by atoms with E-state index >= 15 is 0 Å². The minimum absolute atomic E-state index is 0.880. The van der Waals surface area contributed by atoms with Crippen molar-refractivity contribution in [3.8, 4) is 0 Å². The molecule has 0 fully saturated rings. The van der Waals surface area contributed by atoms with E-state index in [1.54, 1.807) is 0 Å². The summed E-state index contributed by atoms with van der Waals surface area (Å²) in [6.45, 7) is 10.0. The summed E-state index contributed by atoms with van der Waals surface area (Å²) >= 11 is 0. The maximum absolute atomic E-state index is 4.19. The van der Waals surface area contributed by atoms with Crippen LogP contribution in [0.15, 0.2) is 0 Å². The minimum Gasteiger partial charge on any atom is -0.355 e. The number of nitrogens with zero attached hydrogens (tertiary/aromatic N) is 3. The summed E-state index contributed by atoms with van der Waals surface area (Å²) in [6.07, 6.45) is 0.931. The van der Waals surface area contributed by atoms with Gasteiger partial charge in [0.05, 0.1) is 0 Å². The second-order valence-electron chi connectivity index (χ2n) is 3.32. The summed E-state index contributed by atoms with van der Waals surface area (Å²) < 4.78 is 2.13. The summed E-state index contributed by atoms with van der Waals surface area (Å²) in [5.74, 6) is 1.93. The molecule has 0 saturated carbocycles. The highest BCUT2D eigenvalue weighted by atomic mass is 15.3. The molecule has 0 aliphatic heterocycles. The fourth-order valence-corrected chi connectivity index (χ4v) is 1.52. The van der Waals surface area contributed by atoms with Crippen molar-refractivity contribution in [2.24, 2.45) is 0 Å². The Morgan fingerprint density at radius 3 is 2.53 bits per heavy atom. The molecule has 5 nitrogen and oxygen atoms in total. The van der Waals surface area contributed by atoms with E-state index in [0.29, 0.717) is 0 Å². The van der Waals surface area contributed by atoms with Crippen molar-refractivity contribution < 1.29 is 0 Å². The van der Waals surface area contributed by atoms with E-state index in [1.165, 1.54) is 0 Å². The first-order valence-electron chi connectivity index (χ1n) is 5.70. The molecule has 0 unspecified atom stereocenters. The van der Waals surface area contributed by atoms with Crippen LogP contribution in [0.3, 0.4) is 0 Å². The summed E-state index contributed by atoms with van der Waals surface area (Å²) in [4.78, 5) is 0. The molecule has 2 N–H and O–H groups in total. The molecule has 0 spiro atoms. The molecule has 1 rings (SSSR count). The van der Waals surface area contributed by atoms with E-state index in [4.69, 9.17) is 0 Å². The Morgan fingerprint density at radius 1 is 1.13 bits per heavy atom. The van der Waals surface area contributed by atoms with Gasteiger partial charge in [-0.15, -0.1) is 10.2 Å². The number of nitrogens with one attached hydrogen (secondary N) is 2. The van der Waals surface area contributed by atoms with Crippen LogP contribution in [-0.4, -0.2) is 34.4 Å². The molecule has 0 radical (unpaired) electrons. The van der Waals surface area contributed by atoms with E-state index in [1.807, 2.05) is 0 Å². The standard InChI is InChI=1S/C10H21N5/c1-4-11-8-7-9-13-14-10(12-5-2)15(9)6-3/h11H,4-8H2,1-3H3,(H,12,14). The van der Waals surface area contributed by atoms with Gasteiger partial charge in [-0.2, -0.15) is 0 Å². The highest BCUT2D eigenvalue weighted by molar-refractivity contribution is 5.25. The number of anilines is 1. The first-order valence-corrected chi connectivity index (χ1v) is 5.70. The summed E-state index contributed by atoms with van der Waals surface area (Å²) in [7, 11) is 0. The molecule has 1 aromatic rings. The fourth-order valence-electron chi connectivity index (χ4n) is 1.52. The van der Waals surface area contributed by atoms with Crippen LogP contribution in [0.2, 0.25) is 0 Å². The molecule has 15 heavy (non-hydrogen) atoms. The van der Waals surface area contributed by atoms with E-state index in [0.717, 1.165) is 44.4 Å². The summed E-state index contributed by atoms with van der Waals surface area (Å²) in [5.41, 5.74) is 0. The minimum atomic E-state index is 0.880. The van der Waals surface area contributed by atoms with Crippen LogP contribution in [0, 0.1) is 0 Å². The molecule has 0 saturated heterocycles. The van der Waals surface area contributed by atoms with E-state index < -0.39 is 0 Å². The zero-order valence-electron chi connectivity index (χ0n) is 9.88. The third-order valence-electron chi connectivity index (χ3n) is 2.25. The van der Waals surface area contributed by atoms with Gasteiger partial charge in [0.15, 0.2) is 0 Å². The molecule has 1 heterocycles. The Bertz CT molecular complexity index is 281. The Kier molecular flexibility index (Phi) is 5.10. The monoisotopic (exact) mass is 211 g/mol. The molecular weight excluding hydrogens is 190 g/mol. The van der Waals surface area contributed by atoms with Gasteiger partial charge in [-0.25, -0.2) is 0 Å². The number of hydrogen-bond donors (Lipinski definition) is 2. The van der Waals surface area contributed by atoms with Gasteiger partial charge in [0.1, 0.15) is 5.82 Å². The third-order valence-corrected chi connectivity index (χ3v) is 2.25. The van der Waals surface area contributed by atoms with Crippen LogP contribution in [-0.2, 0) is 13.0 Å². The Balaban J connectivity index is 2.62. The topological polar surface area (TPSA) is 54.8 Å². The van der Waals surface area contributed by atoms with Crippen molar-refractivity contribution in [1.29, 1.82) is 0 Å². The highest BCUT2D eigenvalue weighted by Gasteiger charge is 2.08. The van der Waals surface area contributed by atoms with Gasteiger partial charge in [-0.05, 0) is 20.4 Å². The SMILES string of the molecule is CCNCCc1nnc(NCC)n1CC. The zero-order chi connectivity index (χ0) is 11.1. The molecule has 0 bridgehead atoms. The second-order valence-corrected chi connectivity index (χ2v) is 3.32. The Hall–Kier alpha value is -1.10. The van der Waals surface area contributed by atoms with Gasteiger partial charge < -0.3 is 10.6 Å².